The molecule has 3 heterocycles. The summed E-state index contributed by atoms with van der Waals surface area (Å²) in [6.45, 7) is 10.3. The highest BCUT2D eigenvalue weighted by Crippen LogP contribution is 2.43. The van der Waals surface area contributed by atoms with Crippen molar-refractivity contribution in [3.05, 3.63) is 23.8 Å². The Labute approximate surface area is 169 Å². The van der Waals surface area contributed by atoms with E-state index in [1.54, 1.807) is 6.92 Å². The molecule has 0 atom stereocenters. The summed E-state index contributed by atoms with van der Waals surface area (Å²) in [7, 11) is 0. The van der Waals surface area contributed by atoms with Gasteiger partial charge in [0.25, 0.3) is 0 Å². The molecule has 154 valence electrons. The van der Waals surface area contributed by atoms with Crippen LogP contribution in [0.25, 0.3) is 0 Å². The Morgan fingerprint density at radius 3 is 2.29 bits per heavy atom. The van der Waals surface area contributed by atoms with Gasteiger partial charge in [-0.25, -0.2) is 0 Å². The predicted molar refractivity (Wildman–Crippen MR) is 115 cm³/mol. The summed E-state index contributed by atoms with van der Waals surface area (Å²) >= 11 is 0. The van der Waals surface area contributed by atoms with Crippen LogP contribution in [0.15, 0.2) is 18.2 Å². The fraction of sp³-hybridized carbons (Fsp3) is 0.696. The van der Waals surface area contributed by atoms with Gasteiger partial charge in [0, 0.05) is 38.6 Å². The van der Waals surface area contributed by atoms with Crippen molar-refractivity contribution in [2.24, 2.45) is 5.92 Å². The molecule has 0 spiro atoms. The fourth-order valence-electron chi connectivity index (χ4n) is 5.48. The molecule has 5 nitrogen and oxygen atoms in total. The van der Waals surface area contributed by atoms with E-state index in [1.165, 1.54) is 50.0 Å². The second-order valence-corrected chi connectivity index (χ2v) is 9.17. The minimum Gasteiger partial charge on any atom is -0.397 e. The standard InChI is InChI=1S/C23H36N4O/c1-18-7-13-26(14-8-18)22-17-20(5-6-21(22)24)23(27-11-3-4-12-27)9-15-25(16-10-23)19(2)28/h5-6,17-18H,3-4,7-16,24H2,1-2H3. The van der Waals surface area contributed by atoms with E-state index in [0.717, 1.165) is 50.6 Å². The first-order valence-electron chi connectivity index (χ1n) is 11.1. The lowest BCUT2D eigenvalue weighted by atomic mass is 9.79. The molecule has 0 saturated carbocycles. The number of nitrogens with two attached hydrogens (primary N) is 1. The van der Waals surface area contributed by atoms with Crippen molar-refractivity contribution in [2.75, 3.05) is 49.9 Å². The largest absolute Gasteiger partial charge is 0.397 e. The van der Waals surface area contributed by atoms with Gasteiger partial charge in [-0.1, -0.05) is 13.0 Å². The van der Waals surface area contributed by atoms with Crippen molar-refractivity contribution in [1.82, 2.24) is 9.80 Å². The Bertz CT molecular complexity index is 697. The van der Waals surface area contributed by atoms with Crippen molar-refractivity contribution in [2.45, 2.75) is 57.9 Å². The van der Waals surface area contributed by atoms with E-state index in [-0.39, 0.29) is 11.4 Å². The maximum atomic E-state index is 11.9. The molecule has 28 heavy (non-hydrogen) atoms. The van der Waals surface area contributed by atoms with Gasteiger partial charge in [0.15, 0.2) is 0 Å². The smallest absolute Gasteiger partial charge is 0.219 e. The average molecular weight is 385 g/mol. The molecule has 4 rings (SSSR count). The van der Waals surface area contributed by atoms with Crippen molar-refractivity contribution in [1.29, 1.82) is 0 Å². The normalized spacial score (nSPS) is 23.9. The molecule has 3 fully saturated rings. The number of rotatable bonds is 3. The molecule has 3 saturated heterocycles. The first-order chi connectivity index (χ1) is 13.5. The summed E-state index contributed by atoms with van der Waals surface area (Å²) in [6.07, 6.45) is 7.09. The van der Waals surface area contributed by atoms with Crippen LogP contribution in [-0.2, 0) is 10.3 Å². The van der Waals surface area contributed by atoms with Crippen molar-refractivity contribution < 1.29 is 4.79 Å². The van der Waals surface area contributed by atoms with Gasteiger partial charge in [-0.2, -0.15) is 0 Å². The lowest BCUT2D eigenvalue weighted by Gasteiger charge is -2.48. The zero-order chi connectivity index (χ0) is 19.7. The second-order valence-electron chi connectivity index (χ2n) is 9.17. The Balaban J connectivity index is 1.65. The summed E-state index contributed by atoms with van der Waals surface area (Å²) in [6, 6.07) is 6.76. The molecule has 0 unspecified atom stereocenters. The first-order valence-corrected chi connectivity index (χ1v) is 11.1. The maximum absolute atomic E-state index is 11.9. The number of anilines is 2. The van der Waals surface area contributed by atoms with Crippen LogP contribution in [0.3, 0.4) is 0 Å². The number of piperidine rings is 2. The predicted octanol–water partition coefficient (Wildman–Crippen LogP) is 3.44. The number of hydrogen-bond acceptors (Lipinski definition) is 4. The van der Waals surface area contributed by atoms with Crippen LogP contribution in [0.1, 0.15) is 57.9 Å². The maximum Gasteiger partial charge on any atom is 0.219 e. The zero-order valence-corrected chi connectivity index (χ0v) is 17.6. The topological polar surface area (TPSA) is 52.8 Å². The number of hydrogen-bond donors (Lipinski definition) is 1. The first kappa shape index (κ1) is 19.6. The van der Waals surface area contributed by atoms with Crippen LogP contribution in [0.4, 0.5) is 11.4 Å². The third kappa shape index (κ3) is 3.61. The highest BCUT2D eigenvalue weighted by molar-refractivity contribution is 5.73. The monoisotopic (exact) mass is 384 g/mol. The van der Waals surface area contributed by atoms with Crippen LogP contribution in [0, 0.1) is 5.92 Å². The van der Waals surface area contributed by atoms with E-state index in [0.29, 0.717) is 0 Å². The van der Waals surface area contributed by atoms with Crippen LogP contribution >= 0.6 is 0 Å². The van der Waals surface area contributed by atoms with Crippen LogP contribution in [0.2, 0.25) is 0 Å². The van der Waals surface area contributed by atoms with E-state index >= 15 is 0 Å². The third-order valence-corrected chi connectivity index (χ3v) is 7.44. The number of nitrogen functional groups attached to an aromatic ring is 1. The second kappa shape index (κ2) is 7.94. The molecular formula is C23H36N4O. The van der Waals surface area contributed by atoms with Crippen LogP contribution in [0.5, 0.6) is 0 Å². The minimum absolute atomic E-state index is 0.0496. The Morgan fingerprint density at radius 2 is 1.68 bits per heavy atom. The number of benzene rings is 1. The van der Waals surface area contributed by atoms with Crippen molar-refractivity contribution >= 4 is 17.3 Å². The lowest BCUT2D eigenvalue weighted by molar-refractivity contribution is -0.131. The highest BCUT2D eigenvalue weighted by atomic mass is 16.2. The van der Waals surface area contributed by atoms with Gasteiger partial charge in [0.1, 0.15) is 0 Å². The van der Waals surface area contributed by atoms with Gasteiger partial charge in [-0.3, -0.25) is 9.69 Å². The van der Waals surface area contributed by atoms with Gasteiger partial charge in [-0.05, 0) is 75.2 Å². The minimum atomic E-state index is 0.0496. The van der Waals surface area contributed by atoms with Crippen LogP contribution < -0.4 is 10.6 Å². The van der Waals surface area contributed by atoms with Gasteiger partial charge >= 0.3 is 0 Å². The van der Waals surface area contributed by atoms with E-state index in [2.05, 4.69) is 34.9 Å². The average Bonchev–Trinajstić information content (AvgIpc) is 3.24. The van der Waals surface area contributed by atoms with Crippen molar-refractivity contribution in [3.63, 3.8) is 0 Å². The number of amides is 1. The molecule has 1 amide bonds. The Hall–Kier alpha value is -1.75. The van der Waals surface area contributed by atoms with Gasteiger partial charge in [-0.15, -0.1) is 0 Å². The molecule has 2 N–H and O–H groups in total. The molecule has 3 aliphatic heterocycles. The lowest BCUT2D eigenvalue weighted by Crippen LogP contribution is -2.53. The van der Waals surface area contributed by atoms with Gasteiger partial charge < -0.3 is 15.5 Å². The summed E-state index contributed by atoms with van der Waals surface area (Å²) < 4.78 is 0. The summed E-state index contributed by atoms with van der Waals surface area (Å²) in [4.78, 5) is 19.1. The molecule has 0 aromatic heterocycles. The number of likely N-dealkylation sites (tertiary alicyclic amines) is 2. The van der Waals surface area contributed by atoms with Crippen molar-refractivity contribution in [3.8, 4) is 0 Å². The quantitative estimate of drug-likeness (QED) is 0.811. The molecule has 1 aromatic rings. The highest BCUT2D eigenvalue weighted by Gasteiger charge is 2.43. The summed E-state index contributed by atoms with van der Waals surface area (Å²) in [5, 5.41) is 0. The number of carbonyl (C=O) groups is 1. The zero-order valence-electron chi connectivity index (χ0n) is 17.6. The number of nitrogens with zero attached hydrogens (tertiary/aromatic N) is 3. The van der Waals surface area contributed by atoms with Crippen LogP contribution in [-0.4, -0.2) is 55.0 Å². The van der Waals surface area contributed by atoms with Gasteiger partial charge in [0.05, 0.1) is 11.4 Å². The summed E-state index contributed by atoms with van der Waals surface area (Å²) in [5.74, 6) is 1.02. The fourth-order valence-corrected chi connectivity index (χ4v) is 5.48. The van der Waals surface area contributed by atoms with E-state index in [1.807, 2.05) is 4.90 Å². The van der Waals surface area contributed by atoms with Gasteiger partial charge in [0.2, 0.25) is 5.91 Å². The molecule has 0 radical (unpaired) electrons. The number of carbonyl (C=O) groups excluding carboxylic acids is 1. The molecule has 3 aliphatic rings. The Kier molecular flexibility index (Phi) is 5.55. The van der Waals surface area contributed by atoms with E-state index in [9.17, 15) is 4.79 Å². The van der Waals surface area contributed by atoms with E-state index in [4.69, 9.17) is 5.73 Å². The Morgan fingerprint density at radius 1 is 1.04 bits per heavy atom. The molecular weight excluding hydrogens is 348 g/mol. The molecule has 5 heteroatoms. The van der Waals surface area contributed by atoms with E-state index < -0.39 is 0 Å². The molecule has 0 aliphatic carbocycles. The third-order valence-electron chi connectivity index (χ3n) is 7.44. The molecule has 1 aromatic carbocycles. The molecule has 0 bridgehead atoms. The summed E-state index contributed by atoms with van der Waals surface area (Å²) in [5.41, 5.74) is 10.0. The SMILES string of the molecule is CC(=O)N1CCC(c2ccc(N)c(N3CCC(C)CC3)c2)(N2CCCC2)CC1.